The van der Waals surface area contributed by atoms with Crippen LogP contribution >= 0.6 is 35.1 Å². The Morgan fingerprint density at radius 3 is 2.70 bits per heavy atom. The summed E-state index contributed by atoms with van der Waals surface area (Å²) in [5.74, 6) is 0.587. The zero-order valence-electron chi connectivity index (χ0n) is 16.8. The first-order valence-corrected chi connectivity index (χ1v) is 12.0. The van der Waals surface area contributed by atoms with Gasteiger partial charge >= 0.3 is 0 Å². The van der Waals surface area contributed by atoms with Gasteiger partial charge in [0.05, 0.1) is 5.25 Å². The Hall–Kier alpha value is -2.36. The lowest BCUT2D eigenvalue weighted by Crippen LogP contribution is -2.22. The minimum atomic E-state index is -0.335. The van der Waals surface area contributed by atoms with Crippen LogP contribution in [0.4, 0.5) is 10.8 Å². The number of carbonyl (C=O) groups is 2. The van der Waals surface area contributed by atoms with Crippen LogP contribution < -0.4 is 10.6 Å². The van der Waals surface area contributed by atoms with Crippen LogP contribution in [0.25, 0.3) is 0 Å². The second kappa shape index (κ2) is 10.6. The maximum absolute atomic E-state index is 12.5. The van der Waals surface area contributed by atoms with Crippen molar-refractivity contribution in [2.75, 3.05) is 16.4 Å². The predicted octanol–water partition coefficient (Wildman–Crippen LogP) is 5.33. The molecule has 3 rings (SSSR count). The molecule has 1 heterocycles. The van der Waals surface area contributed by atoms with E-state index >= 15 is 0 Å². The lowest BCUT2D eigenvalue weighted by atomic mass is 10.1. The fourth-order valence-corrected chi connectivity index (χ4v) is 4.79. The van der Waals surface area contributed by atoms with E-state index < -0.39 is 0 Å². The van der Waals surface area contributed by atoms with Gasteiger partial charge in [0.1, 0.15) is 0 Å². The maximum atomic E-state index is 12.5. The number of thioether (sulfide) groups is 2. The van der Waals surface area contributed by atoms with Gasteiger partial charge in [-0.3, -0.25) is 14.9 Å². The standard InChI is InChI=1S/C21H22N4O2S3/c1-4-28-21-24-20(30-25-21)23-18(26)14(3)29-16-10-7-9-15(12-16)22-19(27)17-11-6-5-8-13(17)2/h5-12,14H,4H2,1-3H3,(H,22,27)(H,23,24,25,26). The number of anilines is 2. The number of aromatic nitrogens is 2. The Balaban J connectivity index is 1.60. The third kappa shape index (κ3) is 6.07. The minimum absolute atomic E-state index is 0.140. The van der Waals surface area contributed by atoms with Crippen LogP contribution in [0.15, 0.2) is 58.6 Å². The van der Waals surface area contributed by atoms with Gasteiger partial charge in [0.2, 0.25) is 16.2 Å². The third-order valence-corrected chi connectivity index (χ3v) is 6.64. The van der Waals surface area contributed by atoms with Crippen LogP contribution in [0.2, 0.25) is 0 Å². The van der Waals surface area contributed by atoms with Gasteiger partial charge in [0.25, 0.3) is 5.91 Å². The first kappa shape index (κ1) is 22.3. The summed E-state index contributed by atoms with van der Waals surface area (Å²) in [6.45, 7) is 5.77. The Bertz CT molecular complexity index is 1040. The average Bonchev–Trinajstić information content (AvgIpc) is 3.15. The molecule has 0 radical (unpaired) electrons. The smallest absolute Gasteiger partial charge is 0.255 e. The Morgan fingerprint density at radius 2 is 1.93 bits per heavy atom. The van der Waals surface area contributed by atoms with Gasteiger partial charge in [0.15, 0.2) is 0 Å². The quantitative estimate of drug-likeness (QED) is 0.444. The van der Waals surface area contributed by atoms with Crippen LogP contribution in [0.1, 0.15) is 29.8 Å². The molecule has 3 aromatic rings. The van der Waals surface area contributed by atoms with Crippen molar-refractivity contribution in [2.24, 2.45) is 0 Å². The van der Waals surface area contributed by atoms with E-state index in [4.69, 9.17) is 0 Å². The largest absolute Gasteiger partial charge is 0.322 e. The Kier molecular flexibility index (Phi) is 7.89. The van der Waals surface area contributed by atoms with Gasteiger partial charge in [-0.25, -0.2) is 0 Å². The summed E-state index contributed by atoms with van der Waals surface area (Å²) in [4.78, 5) is 30.2. The molecule has 6 nitrogen and oxygen atoms in total. The van der Waals surface area contributed by atoms with Crippen molar-refractivity contribution in [3.05, 3.63) is 59.7 Å². The van der Waals surface area contributed by atoms with Gasteiger partial charge in [0, 0.05) is 27.7 Å². The topological polar surface area (TPSA) is 84.0 Å². The highest BCUT2D eigenvalue weighted by Gasteiger charge is 2.17. The second-order valence-electron chi connectivity index (χ2n) is 6.36. The molecule has 156 valence electrons. The molecule has 0 aliphatic rings. The summed E-state index contributed by atoms with van der Waals surface area (Å²) in [5, 5.41) is 6.59. The van der Waals surface area contributed by atoms with Crippen molar-refractivity contribution in [1.82, 2.24) is 9.36 Å². The molecule has 9 heteroatoms. The first-order chi connectivity index (χ1) is 14.5. The highest BCUT2D eigenvalue weighted by Crippen LogP contribution is 2.27. The van der Waals surface area contributed by atoms with Gasteiger partial charge < -0.3 is 5.32 Å². The van der Waals surface area contributed by atoms with E-state index in [1.165, 1.54) is 35.1 Å². The van der Waals surface area contributed by atoms with E-state index in [1.807, 2.05) is 63.2 Å². The van der Waals surface area contributed by atoms with Gasteiger partial charge in [-0.15, -0.1) is 11.8 Å². The van der Waals surface area contributed by atoms with E-state index in [0.717, 1.165) is 16.2 Å². The molecule has 1 aromatic heterocycles. The predicted molar refractivity (Wildman–Crippen MR) is 126 cm³/mol. The molecule has 2 N–H and O–H groups in total. The van der Waals surface area contributed by atoms with E-state index in [9.17, 15) is 9.59 Å². The molecule has 0 spiro atoms. The van der Waals surface area contributed by atoms with E-state index in [1.54, 1.807) is 6.07 Å². The minimum Gasteiger partial charge on any atom is -0.322 e. The van der Waals surface area contributed by atoms with Crippen molar-refractivity contribution < 1.29 is 9.59 Å². The number of nitrogens with zero attached hydrogens (tertiary/aromatic N) is 2. The molecular formula is C21H22N4O2S3. The molecule has 0 aliphatic heterocycles. The summed E-state index contributed by atoms with van der Waals surface area (Å²) in [6.07, 6.45) is 0. The summed E-state index contributed by atoms with van der Waals surface area (Å²) in [7, 11) is 0. The van der Waals surface area contributed by atoms with Crippen LogP contribution in [0, 0.1) is 6.92 Å². The molecule has 0 fully saturated rings. The average molecular weight is 459 g/mol. The van der Waals surface area contributed by atoms with Crippen molar-refractivity contribution >= 4 is 57.7 Å². The number of hydrogen-bond donors (Lipinski definition) is 2. The summed E-state index contributed by atoms with van der Waals surface area (Å²) in [5.41, 5.74) is 2.25. The normalized spacial score (nSPS) is 11.7. The molecule has 0 aliphatic carbocycles. The van der Waals surface area contributed by atoms with E-state index in [2.05, 4.69) is 20.0 Å². The second-order valence-corrected chi connectivity index (χ2v) is 9.76. The van der Waals surface area contributed by atoms with Crippen LogP contribution in [0.3, 0.4) is 0 Å². The number of rotatable bonds is 8. The van der Waals surface area contributed by atoms with Crippen LogP contribution in [-0.4, -0.2) is 32.2 Å². The van der Waals surface area contributed by atoms with Crippen molar-refractivity contribution in [1.29, 1.82) is 0 Å². The number of benzene rings is 2. The lowest BCUT2D eigenvalue weighted by molar-refractivity contribution is -0.115. The maximum Gasteiger partial charge on any atom is 0.255 e. The van der Waals surface area contributed by atoms with Gasteiger partial charge in [-0.05, 0) is 49.4 Å². The highest BCUT2D eigenvalue weighted by molar-refractivity contribution is 8.00. The van der Waals surface area contributed by atoms with Crippen LogP contribution in [0.5, 0.6) is 0 Å². The fraction of sp³-hybridized carbons (Fsp3) is 0.238. The van der Waals surface area contributed by atoms with Crippen molar-refractivity contribution in [3.8, 4) is 0 Å². The summed E-state index contributed by atoms with van der Waals surface area (Å²) in [6, 6.07) is 14.9. The lowest BCUT2D eigenvalue weighted by Gasteiger charge is -2.12. The first-order valence-electron chi connectivity index (χ1n) is 9.37. The van der Waals surface area contributed by atoms with Crippen molar-refractivity contribution in [2.45, 2.75) is 36.1 Å². The molecule has 0 saturated carbocycles. The molecular weight excluding hydrogens is 436 g/mol. The third-order valence-electron chi connectivity index (χ3n) is 4.07. The molecule has 1 atom stereocenters. The van der Waals surface area contributed by atoms with Crippen molar-refractivity contribution in [3.63, 3.8) is 0 Å². The zero-order chi connectivity index (χ0) is 21.5. The highest BCUT2D eigenvalue weighted by atomic mass is 32.2. The molecule has 0 saturated heterocycles. The molecule has 30 heavy (non-hydrogen) atoms. The summed E-state index contributed by atoms with van der Waals surface area (Å²) < 4.78 is 4.20. The van der Waals surface area contributed by atoms with Crippen LogP contribution in [-0.2, 0) is 4.79 Å². The SMILES string of the molecule is CCSc1nsc(NC(=O)C(C)Sc2cccc(NC(=O)c3ccccc3C)c2)n1. The Morgan fingerprint density at radius 1 is 1.13 bits per heavy atom. The van der Waals surface area contributed by atoms with Gasteiger partial charge in [-0.1, -0.05) is 43.0 Å². The zero-order valence-corrected chi connectivity index (χ0v) is 19.3. The van der Waals surface area contributed by atoms with E-state index in [-0.39, 0.29) is 17.1 Å². The number of aryl methyl sites for hydroxylation is 1. The fourth-order valence-electron chi connectivity index (χ4n) is 2.59. The molecule has 1 unspecified atom stereocenters. The van der Waals surface area contributed by atoms with E-state index in [0.29, 0.717) is 21.5 Å². The number of hydrogen-bond acceptors (Lipinski definition) is 7. The number of carbonyl (C=O) groups excluding carboxylic acids is 2. The van der Waals surface area contributed by atoms with Gasteiger partial charge in [-0.2, -0.15) is 9.36 Å². The Labute approximate surface area is 188 Å². The molecule has 2 amide bonds. The monoisotopic (exact) mass is 458 g/mol. The molecule has 0 bridgehead atoms. The molecule has 2 aromatic carbocycles. The number of nitrogens with one attached hydrogen (secondary N) is 2. The summed E-state index contributed by atoms with van der Waals surface area (Å²) >= 11 is 4.13. The number of amides is 2.